The van der Waals surface area contributed by atoms with Gasteiger partial charge in [-0.1, -0.05) is 18.2 Å². The molecule has 0 spiro atoms. The summed E-state index contributed by atoms with van der Waals surface area (Å²) in [7, 11) is 2.06. The molecule has 0 unspecified atom stereocenters. The van der Waals surface area contributed by atoms with Crippen molar-refractivity contribution in [3.05, 3.63) is 42.5 Å². The van der Waals surface area contributed by atoms with E-state index in [1.54, 1.807) is 0 Å². The third-order valence-corrected chi connectivity index (χ3v) is 3.53. The van der Waals surface area contributed by atoms with Gasteiger partial charge in [0.1, 0.15) is 0 Å². The summed E-state index contributed by atoms with van der Waals surface area (Å²) in [5.41, 5.74) is 2.03. The molecule has 0 aromatic heterocycles. The van der Waals surface area contributed by atoms with Crippen LogP contribution in [0, 0.1) is 0 Å². The van der Waals surface area contributed by atoms with Crippen LogP contribution < -0.4 is 10.6 Å². The number of halogens is 1. The zero-order valence-electron chi connectivity index (χ0n) is 15.5. The minimum Gasteiger partial charge on any atom is -0.357 e. The van der Waals surface area contributed by atoms with Crippen molar-refractivity contribution in [1.29, 1.82) is 0 Å². The summed E-state index contributed by atoms with van der Waals surface area (Å²) in [6.07, 6.45) is 4.91. The van der Waals surface area contributed by atoms with Gasteiger partial charge in [0.25, 0.3) is 0 Å². The maximum atomic E-state index is 11.0. The van der Waals surface area contributed by atoms with Gasteiger partial charge in [0.15, 0.2) is 5.96 Å². The van der Waals surface area contributed by atoms with E-state index in [0.29, 0.717) is 0 Å². The maximum Gasteiger partial charge on any atom is 0.221 e. The van der Waals surface area contributed by atoms with Crippen molar-refractivity contribution < 1.29 is 4.79 Å². The number of allylic oxidation sites excluding steroid dienone is 1. The Bertz CT molecular complexity index is 543. The molecule has 1 amide bonds. The van der Waals surface area contributed by atoms with Gasteiger partial charge in [-0.2, -0.15) is 0 Å². The van der Waals surface area contributed by atoms with Crippen molar-refractivity contribution in [1.82, 2.24) is 10.2 Å². The molecule has 0 heterocycles. The number of unbranched alkanes of at least 4 members (excludes halogenated alkanes) is 1. The van der Waals surface area contributed by atoms with E-state index in [1.165, 1.54) is 12.5 Å². The molecule has 0 aliphatic heterocycles. The lowest BCUT2D eigenvalue weighted by Gasteiger charge is -2.21. The van der Waals surface area contributed by atoms with Crippen LogP contribution in [0.2, 0.25) is 0 Å². The normalized spacial score (nSPS) is 10.6. The highest BCUT2D eigenvalue weighted by Gasteiger charge is 2.04. The van der Waals surface area contributed by atoms with E-state index in [2.05, 4.69) is 36.1 Å². The van der Waals surface area contributed by atoms with Crippen LogP contribution in [0.25, 0.3) is 0 Å². The number of benzene rings is 1. The van der Waals surface area contributed by atoms with Crippen LogP contribution in [-0.2, 0) is 11.2 Å². The number of nitrogens with zero attached hydrogens (tertiary/aromatic N) is 2. The zero-order chi connectivity index (χ0) is 17.8. The largest absolute Gasteiger partial charge is 0.357 e. The van der Waals surface area contributed by atoms with E-state index in [1.807, 2.05) is 30.3 Å². The number of carbonyl (C=O) groups excluding carboxylic acids is 1. The van der Waals surface area contributed by atoms with Crippen LogP contribution in [0.3, 0.4) is 0 Å². The number of rotatable bonds is 9. The molecular weight excluding hydrogens is 427 g/mol. The van der Waals surface area contributed by atoms with E-state index < -0.39 is 0 Å². The summed E-state index contributed by atoms with van der Waals surface area (Å²) in [5.74, 6) is 0.888. The highest BCUT2D eigenvalue weighted by Crippen LogP contribution is 2.10. The Balaban J connectivity index is 0.00000576. The predicted molar refractivity (Wildman–Crippen MR) is 118 cm³/mol. The monoisotopic (exact) mass is 458 g/mol. The predicted octanol–water partition coefficient (Wildman–Crippen LogP) is 3.67. The molecule has 1 aromatic rings. The Morgan fingerprint density at radius 3 is 2.56 bits per heavy atom. The summed E-state index contributed by atoms with van der Waals surface area (Å²) >= 11 is 0. The second-order valence-corrected chi connectivity index (χ2v) is 5.72. The van der Waals surface area contributed by atoms with Gasteiger partial charge in [0, 0.05) is 39.3 Å². The van der Waals surface area contributed by atoms with Crippen molar-refractivity contribution >= 4 is 41.5 Å². The number of anilines is 1. The fourth-order valence-corrected chi connectivity index (χ4v) is 2.30. The molecule has 0 atom stereocenters. The lowest BCUT2D eigenvalue weighted by atomic mass is 10.1. The van der Waals surface area contributed by atoms with Gasteiger partial charge in [-0.05, 0) is 43.9 Å². The third-order valence-electron chi connectivity index (χ3n) is 3.53. The fraction of sp³-hybridized carbons (Fsp3) is 0.474. The van der Waals surface area contributed by atoms with Gasteiger partial charge >= 0.3 is 0 Å². The number of aliphatic imine (C=N–C) groups is 1. The molecule has 0 aliphatic rings. The van der Waals surface area contributed by atoms with Crippen LogP contribution in [0.1, 0.15) is 32.3 Å². The molecule has 5 nitrogen and oxygen atoms in total. The summed E-state index contributed by atoms with van der Waals surface area (Å²) in [5, 5.41) is 6.10. The van der Waals surface area contributed by atoms with Crippen molar-refractivity contribution in [2.24, 2.45) is 4.99 Å². The number of hydrogen-bond donors (Lipinski definition) is 2. The van der Waals surface area contributed by atoms with Gasteiger partial charge < -0.3 is 15.5 Å². The van der Waals surface area contributed by atoms with Crippen molar-refractivity contribution in [3.8, 4) is 0 Å². The lowest BCUT2D eigenvalue weighted by Crippen LogP contribution is -2.39. The second-order valence-electron chi connectivity index (χ2n) is 5.72. The van der Waals surface area contributed by atoms with Crippen molar-refractivity contribution in [2.75, 3.05) is 32.0 Å². The average Bonchev–Trinajstić information content (AvgIpc) is 2.55. The first kappa shape index (κ1) is 23.4. The summed E-state index contributed by atoms with van der Waals surface area (Å²) in [6.45, 7) is 9.89. The Morgan fingerprint density at radius 2 is 2.00 bits per heavy atom. The number of amides is 1. The van der Waals surface area contributed by atoms with Gasteiger partial charge in [0.2, 0.25) is 5.91 Å². The molecule has 0 bridgehead atoms. The highest BCUT2D eigenvalue weighted by atomic mass is 127. The molecule has 0 fully saturated rings. The summed E-state index contributed by atoms with van der Waals surface area (Å²) in [6, 6.07) is 7.91. The van der Waals surface area contributed by atoms with E-state index in [0.717, 1.165) is 50.5 Å². The lowest BCUT2D eigenvalue weighted by molar-refractivity contribution is -0.114. The van der Waals surface area contributed by atoms with Crippen molar-refractivity contribution in [3.63, 3.8) is 0 Å². The van der Waals surface area contributed by atoms with E-state index >= 15 is 0 Å². The molecule has 1 aromatic carbocycles. The van der Waals surface area contributed by atoms with E-state index in [4.69, 9.17) is 4.99 Å². The first-order valence-corrected chi connectivity index (χ1v) is 8.53. The van der Waals surface area contributed by atoms with E-state index in [-0.39, 0.29) is 29.9 Å². The molecular formula is C19H31IN4O. The molecule has 1 rings (SSSR count). The zero-order valence-corrected chi connectivity index (χ0v) is 17.9. The number of guanidine groups is 1. The minimum absolute atomic E-state index is 0. The van der Waals surface area contributed by atoms with Gasteiger partial charge in [-0.25, -0.2) is 0 Å². The number of carbonyl (C=O) groups is 1. The van der Waals surface area contributed by atoms with Crippen LogP contribution in [0.4, 0.5) is 5.69 Å². The average molecular weight is 458 g/mol. The number of hydrogen-bond acceptors (Lipinski definition) is 2. The molecule has 0 radical (unpaired) electrons. The standard InChI is InChI=1S/C19H30N4O.HI/c1-5-7-8-15-23(4)19(20-6-2)21-14-13-17-9-11-18(12-10-17)22-16(3)24;/h5,9-12H,1,6-8,13-15H2,2-4H3,(H,20,21)(H,22,24);1H. The first-order valence-electron chi connectivity index (χ1n) is 8.53. The molecule has 0 aliphatic carbocycles. The third kappa shape index (κ3) is 10.1. The highest BCUT2D eigenvalue weighted by molar-refractivity contribution is 14.0. The maximum absolute atomic E-state index is 11.0. The second kappa shape index (κ2) is 13.7. The molecule has 6 heteroatoms. The molecule has 25 heavy (non-hydrogen) atoms. The SMILES string of the molecule is C=CCCCN(C)C(=NCCc1ccc(NC(C)=O)cc1)NCC.I. The fourth-order valence-electron chi connectivity index (χ4n) is 2.30. The summed E-state index contributed by atoms with van der Waals surface area (Å²) < 4.78 is 0. The minimum atomic E-state index is -0.0536. The van der Waals surface area contributed by atoms with Crippen LogP contribution >= 0.6 is 24.0 Å². The molecule has 140 valence electrons. The van der Waals surface area contributed by atoms with Gasteiger partial charge in [-0.15, -0.1) is 30.6 Å². The smallest absolute Gasteiger partial charge is 0.221 e. The Morgan fingerprint density at radius 1 is 1.32 bits per heavy atom. The Hall–Kier alpha value is -1.57. The topological polar surface area (TPSA) is 56.7 Å². The number of nitrogens with one attached hydrogen (secondary N) is 2. The quantitative estimate of drug-likeness (QED) is 0.195. The van der Waals surface area contributed by atoms with Gasteiger partial charge in [-0.3, -0.25) is 9.79 Å². The Labute approximate surface area is 169 Å². The van der Waals surface area contributed by atoms with Gasteiger partial charge in [0.05, 0.1) is 0 Å². The van der Waals surface area contributed by atoms with E-state index in [9.17, 15) is 4.79 Å². The molecule has 0 saturated heterocycles. The summed E-state index contributed by atoms with van der Waals surface area (Å²) in [4.78, 5) is 17.9. The van der Waals surface area contributed by atoms with Crippen LogP contribution in [0.15, 0.2) is 41.9 Å². The van der Waals surface area contributed by atoms with Crippen LogP contribution in [-0.4, -0.2) is 43.4 Å². The molecule has 2 N–H and O–H groups in total. The van der Waals surface area contributed by atoms with Crippen molar-refractivity contribution in [2.45, 2.75) is 33.1 Å². The van der Waals surface area contributed by atoms with Crippen LogP contribution in [0.5, 0.6) is 0 Å². The first-order chi connectivity index (χ1) is 11.6. The Kier molecular flexibility index (Phi) is 12.8. The molecule has 0 saturated carbocycles.